The average molecular weight is 781 g/mol. The SMILES string of the molecule is CCCCCCCCCC(=O)OCCCCCCCN(CCCCCCCC(=O)OC(CCCCCCC)CCCCCCCC)CCCNC(=O)COC. The molecule has 0 aliphatic heterocycles. The molecule has 0 aliphatic carbocycles. The van der Waals surface area contributed by atoms with Crippen LogP contribution in [0.5, 0.6) is 0 Å². The van der Waals surface area contributed by atoms with Crippen molar-refractivity contribution in [3.8, 4) is 0 Å². The Bertz CT molecular complexity index is 840. The molecule has 0 fully saturated rings. The molecule has 0 aliphatic rings. The molecule has 1 amide bonds. The van der Waals surface area contributed by atoms with Crippen LogP contribution in [0.4, 0.5) is 0 Å². The molecular formula is C47H92N2O6. The Labute approximate surface area is 341 Å². The number of nitrogens with zero attached hydrogens (tertiary/aromatic N) is 1. The summed E-state index contributed by atoms with van der Waals surface area (Å²) in [5.41, 5.74) is 0. The molecule has 326 valence electrons. The number of ether oxygens (including phenoxy) is 3. The first-order valence-electron chi connectivity index (χ1n) is 23.8. The highest BCUT2D eigenvalue weighted by Gasteiger charge is 2.14. The van der Waals surface area contributed by atoms with Gasteiger partial charge in [0.05, 0.1) is 6.61 Å². The highest BCUT2D eigenvalue weighted by molar-refractivity contribution is 5.77. The molecule has 0 aromatic heterocycles. The molecule has 0 bridgehead atoms. The van der Waals surface area contributed by atoms with Gasteiger partial charge in [-0.25, -0.2) is 0 Å². The van der Waals surface area contributed by atoms with E-state index in [0.29, 0.717) is 26.0 Å². The van der Waals surface area contributed by atoms with Crippen molar-refractivity contribution in [3.05, 3.63) is 0 Å². The van der Waals surface area contributed by atoms with Gasteiger partial charge in [-0.1, -0.05) is 156 Å². The van der Waals surface area contributed by atoms with Crippen LogP contribution < -0.4 is 5.32 Å². The maximum Gasteiger partial charge on any atom is 0.306 e. The van der Waals surface area contributed by atoms with Gasteiger partial charge in [0.15, 0.2) is 0 Å². The molecule has 55 heavy (non-hydrogen) atoms. The molecule has 0 heterocycles. The Hall–Kier alpha value is -1.67. The van der Waals surface area contributed by atoms with Crippen molar-refractivity contribution in [1.29, 1.82) is 0 Å². The van der Waals surface area contributed by atoms with Gasteiger partial charge in [0, 0.05) is 26.5 Å². The third-order valence-corrected chi connectivity index (χ3v) is 10.8. The molecular weight excluding hydrogens is 689 g/mol. The molecule has 1 N–H and O–H groups in total. The standard InChI is InChI=1S/C47H92N2O6/c1-5-8-11-14-16-21-28-36-46(51)54-42-32-25-18-24-31-40-49(41-33-38-48-45(50)43-53-4)39-30-23-17-22-29-37-47(52)55-44(34-26-19-13-10-7-3)35-27-20-15-12-9-6-2/h44H,5-43H2,1-4H3,(H,48,50). The molecule has 0 aromatic rings. The van der Waals surface area contributed by atoms with Crippen LogP contribution in [0.2, 0.25) is 0 Å². The second kappa shape index (κ2) is 43.5. The van der Waals surface area contributed by atoms with E-state index in [1.54, 1.807) is 7.11 Å². The monoisotopic (exact) mass is 781 g/mol. The van der Waals surface area contributed by atoms with Gasteiger partial charge >= 0.3 is 11.9 Å². The van der Waals surface area contributed by atoms with Crippen molar-refractivity contribution in [3.63, 3.8) is 0 Å². The molecule has 0 radical (unpaired) electrons. The maximum atomic E-state index is 12.8. The minimum absolute atomic E-state index is 0.00752. The molecule has 0 spiro atoms. The fraction of sp³-hybridized carbons (Fsp3) is 0.936. The zero-order valence-electron chi connectivity index (χ0n) is 37.1. The second-order valence-corrected chi connectivity index (χ2v) is 16.2. The summed E-state index contributed by atoms with van der Waals surface area (Å²) in [6, 6.07) is 0. The summed E-state index contributed by atoms with van der Waals surface area (Å²) >= 11 is 0. The van der Waals surface area contributed by atoms with E-state index in [-0.39, 0.29) is 30.6 Å². The lowest BCUT2D eigenvalue weighted by Gasteiger charge is -2.22. The van der Waals surface area contributed by atoms with E-state index in [1.165, 1.54) is 116 Å². The first-order chi connectivity index (χ1) is 27.0. The molecule has 1 unspecified atom stereocenters. The molecule has 0 rings (SSSR count). The third-order valence-electron chi connectivity index (χ3n) is 10.8. The quantitative estimate of drug-likeness (QED) is 0.0486. The number of unbranched alkanes of at least 4 members (excludes halogenated alkanes) is 23. The van der Waals surface area contributed by atoms with E-state index in [9.17, 15) is 14.4 Å². The summed E-state index contributed by atoms with van der Waals surface area (Å²) < 4.78 is 16.4. The Balaban J connectivity index is 4.31. The summed E-state index contributed by atoms with van der Waals surface area (Å²) in [5, 5.41) is 2.95. The summed E-state index contributed by atoms with van der Waals surface area (Å²) in [5.74, 6) is -0.0820. The van der Waals surface area contributed by atoms with Crippen LogP contribution in [-0.2, 0) is 28.6 Å². The van der Waals surface area contributed by atoms with Crippen molar-refractivity contribution in [1.82, 2.24) is 10.2 Å². The molecule has 1 atom stereocenters. The normalized spacial score (nSPS) is 11.9. The van der Waals surface area contributed by atoms with E-state index in [1.807, 2.05) is 0 Å². The van der Waals surface area contributed by atoms with E-state index in [0.717, 1.165) is 103 Å². The highest BCUT2D eigenvalue weighted by Crippen LogP contribution is 2.18. The predicted molar refractivity (Wildman–Crippen MR) is 232 cm³/mol. The van der Waals surface area contributed by atoms with Gasteiger partial charge in [-0.15, -0.1) is 0 Å². The van der Waals surface area contributed by atoms with E-state index in [4.69, 9.17) is 14.2 Å². The fourth-order valence-electron chi connectivity index (χ4n) is 7.27. The van der Waals surface area contributed by atoms with Gasteiger partial charge < -0.3 is 24.4 Å². The molecule has 0 aromatic carbocycles. The van der Waals surface area contributed by atoms with Crippen LogP contribution in [0.3, 0.4) is 0 Å². The lowest BCUT2D eigenvalue weighted by Crippen LogP contribution is -2.32. The smallest absolute Gasteiger partial charge is 0.306 e. The van der Waals surface area contributed by atoms with Gasteiger partial charge in [-0.2, -0.15) is 0 Å². The van der Waals surface area contributed by atoms with Gasteiger partial charge in [0.1, 0.15) is 12.7 Å². The number of carbonyl (C=O) groups excluding carboxylic acids is 3. The molecule has 0 saturated heterocycles. The van der Waals surface area contributed by atoms with Gasteiger partial charge in [0.2, 0.25) is 5.91 Å². The van der Waals surface area contributed by atoms with E-state index in [2.05, 4.69) is 31.0 Å². The predicted octanol–water partition coefficient (Wildman–Crippen LogP) is 12.4. The molecule has 8 nitrogen and oxygen atoms in total. The number of hydrogen-bond acceptors (Lipinski definition) is 7. The van der Waals surface area contributed by atoms with Crippen molar-refractivity contribution in [2.24, 2.45) is 0 Å². The van der Waals surface area contributed by atoms with Crippen LogP contribution >= 0.6 is 0 Å². The lowest BCUT2D eigenvalue weighted by atomic mass is 10.0. The average Bonchev–Trinajstić information content (AvgIpc) is 3.17. The van der Waals surface area contributed by atoms with Gasteiger partial charge in [-0.05, 0) is 83.8 Å². The van der Waals surface area contributed by atoms with E-state index >= 15 is 0 Å². The molecule has 0 saturated carbocycles. The van der Waals surface area contributed by atoms with Gasteiger partial charge in [0.25, 0.3) is 0 Å². The maximum absolute atomic E-state index is 12.8. The third kappa shape index (κ3) is 40.3. The number of rotatable bonds is 44. The minimum atomic E-state index is -0.0582. The zero-order valence-corrected chi connectivity index (χ0v) is 37.1. The Morgan fingerprint density at radius 1 is 0.491 bits per heavy atom. The highest BCUT2D eigenvalue weighted by atomic mass is 16.5. The van der Waals surface area contributed by atoms with E-state index < -0.39 is 0 Å². The summed E-state index contributed by atoms with van der Waals surface area (Å²) in [7, 11) is 1.54. The summed E-state index contributed by atoms with van der Waals surface area (Å²) in [6.07, 6.45) is 37.7. The number of carbonyl (C=O) groups is 3. The van der Waals surface area contributed by atoms with Crippen LogP contribution in [0.25, 0.3) is 0 Å². The Kier molecular flexibility index (Phi) is 42.1. The van der Waals surface area contributed by atoms with Crippen molar-refractivity contribution < 1.29 is 28.6 Å². The van der Waals surface area contributed by atoms with Crippen LogP contribution in [0.1, 0.15) is 233 Å². The number of nitrogens with one attached hydrogen (secondary N) is 1. The number of esters is 2. The molecule has 8 heteroatoms. The second-order valence-electron chi connectivity index (χ2n) is 16.2. The van der Waals surface area contributed by atoms with Gasteiger partial charge in [-0.3, -0.25) is 14.4 Å². The van der Waals surface area contributed by atoms with Crippen LogP contribution in [0.15, 0.2) is 0 Å². The largest absolute Gasteiger partial charge is 0.466 e. The topological polar surface area (TPSA) is 94.2 Å². The first-order valence-corrected chi connectivity index (χ1v) is 23.8. The van der Waals surface area contributed by atoms with Crippen molar-refractivity contribution >= 4 is 17.8 Å². The minimum Gasteiger partial charge on any atom is -0.466 e. The number of methoxy groups -OCH3 is 1. The van der Waals surface area contributed by atoms with Crippen molar-refractivity contribution in [2.45, 2.75) is 239 Å². The van der Waals surface area contributed by atoms with Crippen LogP contribution in [0, 0.1) is 0 Å². The first kappa shape index (κ1) is 53.3. The van der Waals surface area contributed by atoms with Crippen molar-refractivity contribution in [2.75, 3.05) is 46.5 Å². The summed E-state index contributed by atoms with van der Waals surface area (Å²) in [6.45, 7) is 11.2. The Morgan fingerprint density at radius 3 is 1.42 bits per heavy atom. The zero-order chi connectivity index (χ0) is 40.3. The fourth-order valence-corrected chi connectivity index (χ4v) is 7.27. The van der Waals surface area contributed by atoms with Crippen LogP contribution in [-0.4, -0.2) is 75.4 Å². The summed E-state index contributed by atoms with van der Waals surface area (Å²) in [4.78, 5) is 39.1. The number of hydrogen-bond donors (Lipinski definition) is 1. The Morgan fingerprint density at radius 2 is 0.909 bits per heavy atom. The number of amides is 1. The lowest BCUT2D eigenvalue weighted by molar-refractivity contribution is -0.150.